The first-order chi connectivity index (χ1) is 9.74. The summed E-state index contributed by atoms with van der Waals surface area (Å²) < 4.78 is 38.5. The average molecular weight is 300 g/mol. The molecule has 0 aliphatic rings. The van der Waals surface area contributed by atoms with Crippen LogP contribution in [0.2, 0.25) is 0 Å². The van der Waals surface area contributed by atoms with Crippen LogP contribution in [0.5, 0.6) is 0 Å². The summed E-state index contributed by atoms with van der Waals surface area (Å²) in [6.45, 7) is 0. The largest absolute Gasteiger partial charge is 0.481 e. The molecule has 0 saturated heterocycles. The Morgan fingerprint density at radius 1 is 1.29 bits per heavy atom. The zero-order valence-electron chi connectivity index (χ0n) is 10.7. The zero-order valence-corrected chi connectivity index (χ0v) is 10.7. The standard InChI is InChI=1S/C13H11F3N2O3/c14-13(15,16)9-6-8(7-17)4-5-10(9)18-11(19)2-1-3-12(20)21/h4-6H,1-3H2,(H,18,19)(H,20,21). The van der Waals surface area contributed by atoms with Crippen LogP contribution in [0.25, 0.3) is 0 Å². The monoisotopic (exact) mass is 300 g/mol. The lowest BCUT2D eigenvalue weighted by Crippen LogP contribution is -2.16. The molecule has 1 aromatic carbocycles. The molecule has 1 amide bonds. The molecule has 0 bridgehead atoms. The lowest BCUT2D eigenvalue weighted by atomic mass is 10.1. The summed E-state index contributed by atoms with van der Waals surface area (Å²) in [5.74, 6) is -1.80. The van der Waals surface area contributed by atoms with Crippen LogP contribution >= 0.6 is 0 Å². The Labute approximate surface area is 118 Å². The molecule has 21 heavy (non-hydrogen) atoms. The number of rotatable bonds is 5. The number of amides is 1. The highest BCUT2D eigenvalue weighted by atomic mass is 19.4. The molecule has 1 rings (SSSR count). The number of halogens is 3. The molecule has 0 aliphatic heterocycles. The van der Waals surface area contributed by atoms with Crippen LogP contribution in [0.4, 0.5) is 18.9 Å². The SMILES string of the molecule is N#Cc1ccc(NC(=O)CCCC(=O)O)c(C(F)(F)F)c1. The lowest BCUT2D eigenvalue weighted by Gasteiger charge is -2.14. The van der Waals surface area contributed by atoms with Crippen LogP contribution in [-0.4, -0.2) is 17.0 Å². The molecule has 0 aliphatic carbocycles. The molecule has 0 aromatic heterocycles. The molecular formula is C13H11F3N2O3. The Kier molecular flexibility index (Phi) is 5.30. The average Bonchev–Trinajstić information content (AvgIpc) is 2.37. The van der Waals surface area contributed by atoms with E-state index in [1.54, 1.807) is 6.07 Å². The first kappa shape index (κ1) is 16.5. The van der Waals surface area contributed by atoms with Crippen LogP contribution in [0.15, 0.2) is 18.2 Å². The number of aliphatic carboxylic acids is 1. The highest BCUT2D eigenvalue weighted by molar-refractivity contribution is 5.91. The van der Waals surface area contributed by atoms with Crippen molar-refractivity contribution in [2.75, 3.05) is 5.32 Å². The number of carbonyl (C=O) groups excluding carboxylic acids is 1. The Hall–Kier alpha value is -2.56. The summed E-state index contributed by atoms with van der Waals surface area (Å²) in [6.07, 6.45) is -5.13. The number of nitriles is 1. The van der Waals surface area contributed by atoms with Gasteiger partial charge >= 0.3 is 12.1 Å². The smallest absolute Gasteiger partial charge is 0.418 e. The minimum atomic E-state index is -4.71. The maximum Gasteiger partial charge on any atom is 0.418 e. The molecule has 0 radical (unpaired) electrons. The Bertz CT molecular complexity index is 591. The van der Waals surface area contributed by atoms with E-state index >= 15 is 0 Å². The van der Waals surface area contributed by atoms with Crippen LogP contribution in [-0.2, 0) is 15.8 Å². The second kappa shape index (κ2) is 6.74. The van der Waals surface area contributed by atoms with Gasteiger partial charge in [0.25, 0.3) is 0 Å². The van der Waals surface area contributed by atoms with Crippen molar-refractivity contribution in [3.05, 3.63) is 29.3 Å². The molecule has 8 heteroatoms. The van der Waals surface area contributed by atoms with Gasteiger partial charge in [0, 0.05) is 12.8 Å². The number of hydrogen-bond acceptors (Lipinski definition) is 3. The highest BCUT2D eigenvalue weighted by Crippen LogP contribution is 2.35. The van der Waals surface area contributed by atoms with E-state index in [1.807, 2.05) is 0 Å². The summed E-state index contributed by atoms with van der Waals surface area (Å²) in [6, 6.07) is 4.39. The second-order valence-electron chi connectivity index (χ2n) is 4.17. The number of alkyl halides is 3. The number of nitrogens with one attached hydrogen (secondary N) is 1. The van der Waals surface area contributed by atoms with Gasteiger partial charge in [-0.1, -0.05) is 0 Å². The van der Waals surface area contributed by atoms with E-state index < -0.39 is 29.3 Å². The minimum Gasteiger partial charge on any atom is -0.481 e. The van der Waals surface area contributed by atoms with Gasteiger partial charge in [-0.15, -0.1) is 0 Å². The summed E-state index contributed by atoms with van der Waals surface area (Å²) in [7, 11) is 0. The van der Waals surface area contributed by atoms with Gasteiger partial charge in [0.1, 0.15) is 0 Å². The van der Waals surface area contributed by atoms with Gasteiger partial charge in [0.2, 0.25) is 5.91 Å². The number of carboxylic acids is 1. The predicted octanol–water partition coefficient (Wildman–Crippen LogP) is 2.77. The minimum absolute atomic E-state index is 0.0266. The quantitative estimate of drug-likeness (QED) is 0.874. The number of nitrogens with zero attached hydrogens (tertiary/aromatic N) is 1. The molecule has 0 saturated carbocycles. The van der Waals surface area contributed by atoms with Crippen molar-refractivity contribution in [1.29, 1.82) is 5.26 Å². The van der Waals surface area contributed by atoms with E-state index in [0.717, 1.165) is 12.1 Å². The van der Waals surface area contributed by atoms with Crippen LogP contribution in [0, 0.1) is 11.3 Å². The first-order valence-electron chi connectivity index (χ1n) is 5.87. The van der Waals surface area contributed by atoms with E-state index in [0.29, 0.717) is 6.07 Å². The third-order valence-electron chi connectivity index (χ3n) is 2.52. The predicted molar refractivity (Wildman–Crippen MR) is 66.3 cm³/mol. The molecule has 2 N–H and O–H groups in total. The topological polar surface area (TPSA) is 90.2 Å². The molecule has 0 heterocycles. The fraction of sp³-hybridized carbons (Fsp3) is 0.308. The Morgan fingerprint density at radius 2 is 1.95 bits per heavy atom. The van der Waals surface area contributed by atoms with Crippen molar-refractivity contribution in [2.45, 2.75) is 25.4 Å². The fourth-order valence-electron chi connectivity index (χ4n) is 1.57. The molecule has 112 valence electrons. The fourth-order valence-corrected chi connectivity index (χ4v) is 1.57. The second-order valence-corrected chi connectivity index (χ2v) is 4.17. The number of carbonyl (C=O) groups is 2. The Morgan fingerprint density at radius 3 is 2.48 bits per heavy atom. The molecule has 0 fully saturated rings. The van der Waals surface area contributed by atoms with Crippen molar-refractivity contribution < 1.29 is 27.9 Å². The highest BCUT2D eigenvalue weighted by Gasteiger charge is 2.34. The number of carboxylic acid groups (broad SMARTS) is 1. The summed E-state index contributed by atoms with van der Waals surface area (Å²) in [5.41, 5.74) is -1.75. The number of hydrogen-bond donors (Lipinski definition) is 2. The van der Waals surface area contributed by atoms with Gasteiger partial charge in [-0.25, -0.2) is 0 Å². The van der Waals surface area contributed by atoms with E-state index in [-0.39, 0.29) is 24.8 Å². The molecule has 0 atom stereocenters. The van der Waals surface area contributed by atoms with Crippen LogP contribution in [0.3, 0.4) is 0 Å². The van der Waals surface area contributed by atoms with Crippen molar-refractivity contribution in [3.8, 4) is 6.07 Å². The molecule has 5 nitrogen and oxygen atoms in total. The maximum absolute atomic E-state index is 12.8. The van der Waals surface area contributed by atoms with E-state index in [2.05, 4.69) is 5.32 Å². The summed E-state index contributed by atoms with van der Waals surface area (Å²) in [4.78, 5) is 21.8. The van der Waals surface area contributed by atoms with Gasteiger partial charge in [-0.2, -0.15) is 18.4 Å². The molecule has 1 aromatic rings. The summed E-state index contributed by atoms with van der Waals surface area (Å²) >= 11 is 0. The molecule has 0 spiro atoms. The van der Waals surface area contributed by atoms with E-state index in [4.69, 9.17) is 10.4 Å². The van der Waals surface area contributed by atoms with Gasteiger partial charge in [0.15, 0.2) is 0 Å². The molecule has 0 unspecified atom stereocenters. The zero-order chi connectivity index (χ0) is 16.0. The molecular weight excluding hydrogens is 289 g/mol. The van der Waals surface area contributed by atoms with E-state index in [1.165, 1.54) is 0 Å². The van der Waals surface area contributed by atoms with Gasteiger partial charge in [0.05, 0.1) is 22.9 Å². The summed E-state index contributed by atoms with van der Waals surface area (Å²) in [5, 5.41) is 19.1. The first-order valence-corrected chi connectivity index (χ1v) is 5.87. The van der Waals surface area contributed by atoms with Crippen molar-refractivity contribution in [3.63, 3.8) is 0 Å². The third kappa shape index (κ3) is 5.14. The normalized spacial score (nSPS) is 10.8. The lowest BCUT2D eigenvalue weighted by molar-refractivity contribution is -0.137. The van der Waals surface area contributed by atoms with Gasteiger partial charge in [-0.3, -0.25) is 9.59 Å². The van der Waals surface area contributed by atoms with Crippen molar-refractivity contribution in [2.24, 2.45) is 0 Å². The number of benzene rings is 1. The van der Waals surface area contributed by atoms with Crippen molar-refractivity contribution >= 4 is 17.6 Å². The van der Waals surface area contributed by atoms with Crippen LogP contribution in [0.1, 0.15) is 30.4 Å². The third-order valence-corrected chi connectivity index (χ3v) is 2.52. The van der Waals surface area contributed by atoms with Gasteiger partial charge in [-0.05, 0) is 24.6 Å². The van der Waals surface area contributed by atoms with Crippen LogP contribution < -0.4 is 5.32 Å². The van der Waals surface area contributed by atoms with Crippen molar-refractivity contribution in [1.82, 2.24) is 0 Å². The maximum atomic E-state index is 12.8. The number of anilines is 1. The van der Waals surface area contributed by atoms with Gasteiger partial charge < -0.3 is 10.4 Å². The Balaban J connectivity index is 2.86. The van der Waals surface area contributed by atoms with E-state index in [9.17, 15) is 22.8 Å².